The molecule has 0 aliphatic carbocycles. The quantitative estimate of drug-likeness (QED) is 0.465. The maximum atomic E-state index is 11.2. The molecule has 0 amide bonds. The molecule has 4 heteroatoms. The van der Waals surface area contributed by atoms with Gasteiger partial charge < -0.3 is 10.2 Å². The molecular weight excluding hydrogens is 232 g/mol. The second-order valence-corrected chi connectivity index (χ2v) is 4.79. The number of carboxylic acids is 1. The van der Waals surface area contributed by atoms with Crippen LogP contribution in [0.1, 0.15) is 52.4 Å². The van der Waals surface area contributed by atoms with Gasteiger partial charge in [0.15, 0.2) is 5.78 Å². The summed E-state index contributed by atoms with van der Waals surface area (Å²) >= 11 is 0. The minimum atomic E-state index is -2.23. The fraction of sp³-hybridized carbons (Fsp3) is 0.714. The number of aliphatic hydroxyl groups is 1. The molecule has 0 aromatic carbocycles. The van der Waals surface area contributed by atoms with Crippen molar-refractivity contribution in [1.29, 1.82) is 0 Å². The molecule has 0 bridgehead atoms. The van der Waals surface area contributed by atoms with Crippen molar-refractivity contribution in [1.82, 2.24) is 0 Å². The highest BCUT2D eigenvalue weighted by atomic mass is 16.4. The molecule has 0 saturated heterocycles. The van der Waals surface area contributed by atoms with Gasteiger partial charge in [-0.1, -0.05) is 32.3 Å². The third kappa shape index (κ3) is 5.00. The molecule has 0 rings (SSSR count). The largest absolute Gasteiger partial charge is 0.479 e. The summed E-state index contributed by atoms with van der Waals surface area (Å²) in [6, 6.07) is 0. The lowest BCUT2D eigenvalue weighted by Crippen LogP contribution is -2.45. The van der Waals surface area contributed by atoms with Crippen LogP contribution in [-0.4, -0.2) is 27.6 Å². The molecule has 2 unspecified atom stereocenters. The van der Waals surface area contributed by atoms with Gasteiger partial charge >= 0.3 is 5.97 Å². The summed E-state index contributed by atoms with van der Waals surface area (Å²) in [5.74, 6) is -1.88. The van der Waals surface area contributed by atoms with Gasteiger partial charge in [0.2, 0.25) is 5.60 Å². The molecule has 0 heterocycles. The lowest BCUT2D eigenvalue weighted by Gasteiger charge is -2.23. The summed E-state index contributed by atoms with van der Waals surface area (Å²) in [7, 11) is 0. The number of hydrogen-bond acceptors (Lipinski definition) is 3. The Balaban J connectivity index is 4.50. The van der Waals surface area contributed by atoms with E-state index in [-0.39, 0.29) is 12.3 Å². The predicted molar refractivity (Wildman–Crippen MR) is 70.3 cm³/mol. The Morgan fingerprint density at radius 3 is 2.39 bits per heavy atom. The molecule has 104 valence electrons. The minimum absolute atomic E-state index is 0.0279. The van der Waals surface area contributed by atoms with Crippen molar-refractivity contribution >= 4 is 11.8 Å². The fourth-order valence-corrected chi connectivity index (χ4v) is 1.96. The minimum Gasteiger partial charge on any atom is -0.479 e. The van der Waals surface area contributed by atoms with E-state index in [9.17, 15) is 14.7 Å². The van der Waals surface area contributed by atoms with Gasteiger partial charge in [0.1, 0.15) is 0 Å². The predicted octanol–water partition coefficient (Wildman–Crippen LogP) is 2.55. The third-order valence-electron chi connectivity index (χ3n) is 3.32. The van der Waals surface area contributed by atoms with Crippen LogP contribution in [0.4, 0.5) is 0 Å². The zero-order valence-corrected chi connectivity index (χ0v) is 11.3. The van der Waals surface area contributed by atoms with Crippen LogP contribution in [0.5, 0.6) is 0 Å². The first kappa shape index (κ1) is 16.8. The summed E-state index contributed by atoms with van der Waals surface area (Å²) in [6.07, 6.45) is 6.18. The van der Waals surface area contributed by atoms with Crippen molar-refractivity contribution in [2.45, 2.75) is 58.0 Å². The van der Waals surface area contributed by atoms with E-state index >= 15 is 0 Å². The molecule has 0 fully saturated rings. The van der Waals surface area contributed by atoms with Crippen LogP contribution in [0.15, 0.2) is 12.7 Å². The Bertz CT molecular complexity index is 282. The average molecular weight is 256 g/mol. The second kappa shape index (κ2) is 8.03. The number of ketones is 1. The molecule has 2 atom stereocenters. The van der Waals surface area contributed by atoms with Crippen molar-refractivity contribution in [2.24, 2.45) is 5.92 Å². The fourth-order valence-electron chi connectivity index (χ4n) is 1.96. The van der Waals surface area contributed by atoms with E-state index in [2.05, 4.69) is 13.5 Å². The van der Waals surface area contributed by atoms with Crippen LogP contribution in [0, 0.1) is 5.92 Å². The van der Waals surface area contributed by atoms with Gasteiger partial charge in [-0.05, 0) is 32.1 Å². The van der Waals surface area contributed by atoms with Crippen LogP contribution >= 0.6 is 0 Å². The summed E-state index contributed by atoms with van der Waals surface area (Å²) in [5.41, 5.74) is -2.23. The number of carbonyl (C=O) groups is 2. The number of unbranched alkanes of at least 4 members (excludes halogenated alkanes) is 1. The normalized spacial score (nSPS) is 15.7. The topological polar surface area (TPSA) is 74.6 Å². The van der Waals surface area contributed by atoms with E-state index in [0.717, 1.165) is 32.6 Å². The Morgan fingerprint density at radius 1 is 1.39 bits per heavy atom. The van der Waals surface area contributed by atoms with Gasteiger partial charge in [0.25, 0.3) is 0 Å². The van der Waals surface area contributed by atoms with Crippen LogP contribution in [0.2, 0.25) is 0 Å². The summed E-state index contributed by atoms with van der Waals surface area (Å²) in [5, 5.41) is 18.8. The van der Waals surface area contributed by atoms with Gasteiger partial charge in [0, 0.05) is 0 Å². The Hall–Kier alpha value is -1.16. The summed E-state index contributed by atoms with van der Waals surface area (Å²) < 4.78 is 0. The second-order valence-electron chi connectivity index (χ2n) is 4.79. The van der Waals surface area contributed by atoms with E-state index in [1.165, 1.54) is 0 Å². The molecule has 0 aromatic rings. The standard InChI is InChI=1S/C14H24O4/c1-4-6-8-12(7-5-2)9-10-14(18,11(3)15)13(16)17/h5,12,18H,2,4,6-10H2,1,3H3,(H,16,17). The zero-order valence-electron chi connectivity index (χ0n) is 11.3. The van der Waals surface area contributed by atoms with Gasteiger partial charge in [-0.2, -0.15) is 0 Å². The third-order valence-corrected chi connectivity index (χ3v) is 3.32. The number of hydrogen-bond donors (Lipinski definition) is 2. The zero-order chi connectivity index (χ0) is 14.2. The highest BCUT2D eigenvalue weighted by Crippen LogP contribution is 2.24. The van der Waals surface area contributed by atoms with Gasteiger partial charge in [-0.15, -0.1) is 6.58 Å². The molecule has 0 aliphatic rings. The number of aliphatic carboxylic acids is 1. The number of Topliss-reactive ketones (excluding diaryl/α,β-unsaturated/α-hetero) is 1. The molecule has 0 aliphatic heterocycles. The lowest BCUT2D eigenvalue weighted by molar-refractivity contribution is -0.165. The first-order valence-electron chi connectivity index (χ1n) is 6.46. The van der Waals surface area contributed by atoms with E-state index in [0.29, 0.717) is 6.42 Å². The Labute approximate surface area is 109 Å². The highest BCUT2D eigenvalue weighted by molar-refractivity contribution is 6.04. The molecule has 0 saturated carbocycles. The van der Waals surface area contributed by atoms with Crippen molar-refractivity contribution < 1.29 is 19.8 Å². The average Bonchev–Trinajstić information content (AvgIpc) is 2.31. The number of carbonyl (C=O) groups excluding carboxylic acids is 1. The summed E-state index contributed by atoms with van der Waals surface area (Å²) in [4.78, 5) is 22.2. The molecule has 2 N–H and O–H groups in total. The Morgan fingerprint density at radius 2 is 2.00 bits per heavy atom. The van der Waals surface area contributed by atoms with Gasteiger partial charge in [-0.3, -0.25) is 4.79 Å². The number of rotatable bonds is 10. The van der Waals surface area contributed by atoms with Crippen molar-refractivity contribution in [3.05, 3.63) is 12.7 Å². The first-order valence-corrected chi connectivity index (χ1v) is 6.46. The number of carboxylic acid groups (broad SMARTS) is 1. The van der Waals surface area contributed by atoms with Gasteiger partial charge in [-0.25, -0.2) is 4.79 Å². The first-order chi connectivity index (χ1) is 8.38. The van der Waals surface area contributed by atoms with Crippen molar-refractivity contribution in [3.8, 4) is 0 Å². The SMILES string of the molecule is C=CCC(CCCC)CCC(O)(C(C)=O)C(=O)O. The summed E-state index contributed by atoms with van der Waals surface area (Å²) in [6.45, 7) is 6.88. The Kier molecular flexibility index (Phi) is 7.51. The van der Waals surface area contributed by atoms with Crippen LogP contribution < -0.4 is 0 Å². The smallest absolute Gasteiger partial charge is 0.343 e. The van der Waals surface area contributed by atoms with Crippen molar-refractivity contribution in [2.75, 3.05) is 0 Å². The van der Waals surface area contributed by atoms with Crippen LogP contribution in [0.3, 0.4) is 0 Å². The monoisotopic (exact) mass is 256 g/mol. The molecule has 4 nitrogen and oxygen atoms in total. The van der Waals surface area contributed by atoms with E-state index in [1.54, 1.807) is 6.08 Å². The highest BCUT2D eigenvalue weighted by Gasteiger charge is 2.41. The van der Waals surface area contributed by atoms with E-state index in [4.69, 9.17) is 5.11 Å². The molecular formula is C14H24O4. The molecule has 0 aromatic heterocycles. The van der Waals surface area contributed by atoms with Crippen molar-refractivity contribution in [3.63, 3.8) is 0 Å². The molecule has 0 spiro atoms. The number of allylic oxidation sites excluding steroid dienone is 1. The van der Waals surface area contributed by atoms with E-state index < -0.39 is 17.4 Å². The molecule has 18 heavy (non-hydrogen) atoms. The van der Waals surface area contributed by atoms with Crippen LogP contribution in [0.25, 0.3) is 0 Å². The maximum absolute atomic E-state index is 11.2. The lowest BCUT2D eigenvalue weighted by atomic mass is 9.86. The molecule has 0 radical (unpaired) electrons. The van der Waals surface area contributed by atoms with E-state index in [1.807, 2.05) is 0 Å². The maximum Gasteiger partial charge on any atom is 0.343 e. The van der Waals surface area contributed by atoms with Crippen LogP contribution in [-0.2, 0) is 9.59 Å². The van der Waals surface area contributed by atoms with Gasteiger partial charge in [0.05, 0.1) is 0 Å².